The third-order valence-corrected chi connectivity index (χ3v) is 6.15. The van der Waals surface area contributed by atoms with Gasteiger partial charge in [-0.1, -0.05) is 12.1 Å². The van der Waals surface area contributed by atoms with Gasteiger partial charge in [-0.3, -0.25) is 24.7 Å². The molecule has 1 fully saturated rings. The molecule has 0 radical (unpaired) electrons. The second-order valence-electron chi connectivity index (χ2n) is 9.77. The van der Waals surface area contributed by atoms with Crippen LogP contribution >= 0.6 is 0 Å². The fourth-order valence-electron chi connectivity index (χ4n) is 4.72. The Kier molecular flexibility index (Phi) is 7.42. The van der Waals surface area contributed by atoms with E-state index in [1.165, 1.54) is 30.2 Å². The van der Waals surface area contributed by atoms with Gasteiger partial charge >= 0.3 is 11.9 Å². The Bertz CT molecular complexity index is 1120. The van der Waals surface area contributed by atoms with E-state index in [9.17, 15) is 24.5 Å². The SMILES string of the molecule is COC(=O)C1C(C)=NC(C)=C(C(=O)N2CCC[C@H]2C(=O)OC(C)(C)C)C1c1cccc([N+](=O)[O-])c1. The predicted octanol–water partition coefficient (Wildman–Crippen LogP) is 3.55. The molecule has 3 rings (SSSR count). The lowest BCUT2D eigenvalue weighted by Crippen LogP contribution is -2.46. The van der Waals surface area contributed by atoms with Crippen molar-refractivity contribution in [2.24, 2.45) is 10.9 Å². The van der Waals surface area contributed by atoms with E-state index in [0.29, 0.717) is 36.4 Å². The van der Waals surface area contributed by atoms with Gasteiger partial charge in [0.2, 0.25) is 0 Å². The Balaban J connectivity index is 2.11. The second-order valence-corrected chi connectivity index (χ2v) is 9.77. The highest BCUT2D eigenvalue weighted by molar-refractivity contribution is 6.08. The van der Waals surface area contributed by atoms with Crippen LogP contribution in [0.3, 0.4) is 0 Å². The Morgan fingerprint density at radius 1 is 1.17 bits per heavy atom. The lowest BCUT2D eigenvalue weighted by atomic mass is 9.75. The predicted molar refractivity (Wildman–Crippen MR) is 128 cm³/mol. The number of rotatable bonds is 5. The van der Waals surface area contributed by atoms with Crippen LogP contribution in [-0.4, -0.2) is 58.7 Å². The van der Waals surface area contributed by atoms with Crippen LogP contribution in [0.5, 0.6) is 0 Å². The normalized spacial score (nSPS) is 22.5. The first-order valence-corrected chi connectivity index (χ1v) is 11.5. The molecule has 1 saturated heterocycles. The molecule has 1 amide bonds. The zero-order valence-electron chi connectivity index (χ0n) is 20.9. The van der Waals surface area contributed by atoms with Crippen molar-refractivity contribution in [3.63, 3.8) is 0 Å². The van der Waals surface area contributed by atoms with Gasteiger partial charge in [-0.05, 0) is 53.0 Å². The molecule has 0 saturated carbocycles. The molecule has 0 aliphatic carbocycles. The Hall–Kier alpha value is -3.56. The van der Waals surface area contributed by atoms with Crippen molar-refractivity contribution >= 4 is 29.2 Å². The summed E-state index contributed by atoms with van der Waals surface area (Å²) in [5.41, 5.74) is 0.577. The minimum atomic E-state index is -0.952. The summed E-state index contributed by atoms with van der Waals surface area (Å²) >= 11 is 0. The molecule has 0 N–H and O–H groups in total. The molecule has 0 aromatic heterocycles. The van der Waals surface area contributed by atoms with Crippen molar-refractivity contribution in [1.82, 2.24) is 4.90 Å². The minimum absolute atomic E-state index is 0.163. The van der Waals surface area contributed by atoms with Crippen LogP contribution in [0.1, 0.15) is 58.9 Å². The number of hydrogen-bond donors (Lipinski definition) is 0. The number of likely N-dealkylation sites (tertiary alicyclic amines) is 1. The van der Waals surface area contributed by atoms with Crippen molar-refractivity contribution in [3.05, 3.63) is 51.2 Å². The molecule has 2 heterocycles. The summed E-state index contributed by atoms with van der Waals surface area (Å²) in [6.45, 7) is 8.94. The molecular formula is C25H31N3O7. The van der Waals surface area contributed by atoms with Gasteiger partial charge in [0.1, 0.15) is 17.6 Å². The Morgan fingerprint density at radius 3 is 2.46 bits per heavy atom. The summed E-state index contributed by atoms with van der Waals surface area (Å²) in [6, 6.07) is 5.09. The van der Waals surface area contributed by atoms with Crippen LogP contribution in [-0.2, 0) is 23.9 Å². The highest BCUT2D eigenvalue weighted by Gasteiger charge is 2.46. The van der Waals surface area contributed by atoms with E-state index in [4.69, 9.17) is 9.47 Å². The molecule has 1 aromatic carbocycles. The first kappa shape index (κ1) is 26.1. The molecule has 3 atom stereocenters. The van der Waals surface area contributed by atoms with Crippen molar-refractivity contribution in [1.29, 1.82) is 0 Å². The number of esters is 2. The van der Waals surface area contributed by atoms with Gasteiger partial charge < -0.3 is 14.4 Å². The van der Waals surface area contributed by atoms with Crippen molar-refractivity contribution < 1.29 is 28.8 Å². The summed E-state index contributed by atoms with van der Waals surface area (Å²) in [6.07, 6.45) is 1.07. The van der Waals surface area contributed by atoms with Crippen LogP contribution < -0.4 is 0 Å². The van der Waals surface area contributed by atoms with Gasteiger partial charge in [0.05, 0.1) is 12.0 Å². The van der Waals surface area contributed by atoms with Gasteiger partial charge in [-0.25, -0.2) is 4.79 Å². The van der Waals surface area contributed by atoms with Crippen LogP contribution in [0.2, 0.25) is 0 Å². The Morgan fingerprint density at radius 2 is 1.86 bits per heavy atom. The third-order valence-electron chi connectivity index (χ3n) is 6.15. The molecule has 35 heavy (non-hydrogen) atoms. The molecule has 2 aliphatic rings. The average Bonchev–Trinajstić information content (AvgIpc) is 3.27. The number of nitrogens with zero attached hydrogens (tertiary/aromatic N) is 3. The third kappa shape index (κ3) is 5.41. The monoisotopic (exact) mass is 485 g/mol. The Labute approximate surface area is 204 Å². The summed E-state index contributed by atoms with van der Waals surface area (Å²) in [7, 11) is 1.24. The quantitative estimate of drug-likeness (QED) is 0.354. The number of hydrogen-bond acceptors (Lipinski definition) is 8. The van der Waals surface area contributed by atoms with Gasteiger partial charge in [0.25, 0.3) is 11.6 Å². The highest BCUT2D eigenvalue weighted by Crippen LogP contribution is 2.42. The molecule has 0 spiro atoms. The lowest BCUT2D eigenvalue weighted by Gasteiger charge is -2.35. The zero-order chi connectivity index (χ0) is 26.1. The lowest BCUT2D eigenvalue weighted by molar-refractivity contribution is -0.384. The summed E-state index contributed by atoms with van der Waals surface area (Å²) in [5, 5.41) is 11.4. The molecule has 188 valence electrons. The number of non-ortho nitro benzene ring substituents is 1. The van der Waals surface area contributed by atoms with E-state index in [1.807, 2.05) is 0 Å². The maximum atomic E-state index is 14.0. The van der Waals surface area contributed by atoms with Crippen molar-refractivity contribution in [3.8, 4) is 0 Å². The van der Waals surface area contributed by atoms with Crippen LogP contribution in [0.25, 0.3) is 0 Å². The number of methoxy groups -OCH3 is 1. The number of nitro benzene ring substituents is 1. The van der Waals surface area contributed by atoms with Crippen molar-refractivity contribution in [2.75, 3.05) is 13.7 Å². The van der Waals surface area contributed by atoms with Gasteiger partial charge in [0, 0.05) is 41.6 Å². The summed E-state index contributed by atoms with van der Waals surface area (Å²) < 4.78 is 10.6. The number of benzene rings is 1. The maximum Gasteiger partial charge on any atom is 0.329 e. The second kappa shape index (κ2) is 9.97. The number of aliphatic imine (C=N–C) groups is 1. The van der Waals surface area contributed by atoms with Gasteiger partial charge in [-0.2, -0.15) is 0 Å². The smallest absolute Gasteiger partial charge is 0.329 e. The first-order chi connectivity index (χ1) is 16.4. The van der Waals surface area contributed by atoms with E-state index in [-0.39, 0.29) is 11.3 Å². The molecular weight excluding hydrogens is 454 g/mol. The number of ether oxygens (including phenoxy) is 2. The zero-order valence-corrected chi connectivity index (χ0v) is 20.9. The largest absolute Gasteiger partial charge is 0.468 e. The number of amides is 1. The average molecular weight is 486 g/mol. The number of allylic oxidation sites excluding steroid dienone is 1. The molecule has 10 nitrogen and oxygen atoms in total. The van der Waals surface area contributed by atoms with Crippen molar-refractivity contribution in [2.45, 2.75) is 65.0 Å². The molecule has 2 aliphatic heterocycles. The van der Waals surface area contributed by atoms with E-state index in [0.717, 1.165) is 0 Å². The van der Waals surface area contributed by atoms with Gasteiger partial charge in [-0.15, -0.1) is 0 Å². The van der Waals surface area contributed by atoms with Crippen LogP contribution in [0.15, 0.2) is 40.5 Å². The first-order valence-electron chi connectivity index (χ1n) is 11.5. The maximum absolute atomic E-state index is 14.0. The fourth-order valence-corrected chi connectivity index (χ4v) is 4.72. The van der Waals surface area contributed by atoms with E-state index in [2.05, 4.69) is 4.99 Å². The van der Waals surface area contributed by atoms with E-state index < -0.39 is 46.2 Å². The van der Waals surface area contributed by atoms with E-state index >= 15 is 0 Å². The molecule has 2 unspecified atom stereocenters. The van der Waals surface area contributed by atoms with E-state index in [1.54, 1.807) is 40.7 Å². The standard InChI is InChI=1S/C25H31N3O7/c1-14-19(22(29)27-12-8-11-18(27)23(30)35-25(3,4)5)21(20(15(2)26-14)24(31)34-6)16-9-7-10-17(13-16)28(32)33/h7,9-10,13,18,20-21H,8,11-12H2,1-6H3/t18-,20?,21?/m0/s1. The number of carbonyl (C=O) groups is 3. The molecule has 1 aromatic rings. The van der Waals surface area contributed by atoms with Gasteiger partial charge in [0.15, 0.2) is 0 Å². The summed E-state index contributed by atoms with van der Waals surface area (Å²) in [5.74, 6) is -3.36. The van der Waals surface area contributed by atoms with Crippen LogP contribution in [0.4, 0.5) is 5.69 Å². The fraction of sp³-hybridized carbons (Fsp3) is 0.520. The van der Waals surface area contributed by atoms with Crippen LogP contribution in [0, 0.1) is 16.0 Å². The number of nitro groups is 1. The minimum Gasteiger partial charge on any atom is -0.468 e. The highest BCUT2D eigenvalue weighted by atomic mass is 16.6. The topological polar surface area (TPSA) is 128 Å². The molecule has 0 bridgehead atoms. The summed E-state index contributed by atoms with van der Waals surface area (Å²) in [4.78, 5) is 56.5. The molecule has 10 heteroatoms. The number of carbonyl (C=O) groups excluding carboxylic acids is 3.